The fourth-order valence-electron chi connectivity index (χ4n) is 2.26. The molecule has 3 rings (SSSR count). The molecule has 3 heteroatoms. The van der Waals surface area contributed by atoms with Crippen molar-refractivity contribution in [1.29, 1.82) is 0 Å². The van der Waals surface area contributed by atoms with Crippen LogP contribution < -0.4 is 0 Å². The molecule has 0 bridgehead atoms. The summed E-state index contributed by atoms with van der Waals surface area (Å²) in [5.74, 6) is 1.07. The summed E-state index contributed by atoms with van der Waals surface area (Å²) in [6.07, 6.45) is 1.83. The zero-order chi connectivity index (χ0) is 12.5. The topological polar surface area (TPSA) is 22.8 Å². The van der Waals surface area contributed by atoms with Crippen LogP contribution in [0.15, 0.2) is 54.7 Å². The number of hydrogen-bond donors (Lipinski definition) is 0. The van der Waals surface area contributed by atoms with Gasteiger partial charge < -0.3 is 4.57 Å². The molecule has 90 valence electrons. The van der Waals surface area contributed by atoms with Crippen LogP contribution in [0.25, 0.3) is 11.5 Å². The Morgan fingerprint density at radius 2 is 1.50 bits per heavy atom. The molecule has 0 fully saturated rings. The van der Waals surface area contributed by atoms with Gasteiger partial charge in [-0.2, -0.15) is 5.10 Å². The Hall–Kier alpha value is -2.29. The van der Waals surface area contributed by atoms with Gasteiger partial charge in [0.15, 0.2) is 0 Å². The molecule has 0 aliphatic heterocycles. The van der Waals surface area contributed by atoms with Gasteiger partial charge in [-0.3, -0.25) is 0 Å². The molecule has 3 aromatic rings. The van der Waals surface area contributed by atoms with Crippen molar-refractivity contribution >= 4 is 0 Å². The van der Waals surface area contributed by atoms with E-state index in [1.54, 1.807) is 0 Å². The number of rotatable bonds is 2. The van der Waals surface area contributed by atoms with E-state index in [2.05, 4.69) is 47.8 Å². The van der Waals surface area contributed by atoms with Gasteiger partial charge in [0, 0.05) is 17.5 Å². The van der Waals surface area contributed by atoms with Crippen LogP contribution in [0.2, 0.25) is 0 Å². The molecule has 0 radical (unpaired) electrons. The van der Waals surface area contributed by atoms with Crippen LogP contribution in [0, 0.1) is 13.8 Å². The maximum absolute atomic E-state index is 4.42. The second kappa shape index (κ2) is 4.18. The van der Waals surface area contributed by atoms with E-state index in [1.165, 1.54) is 11.4 Å². The third kappa shape index (κ3) is 1.64. The molecule has 0 saturated heterocycles. The molecule has 18 heavy (non-hydrogen) atoms. The van der Waals surface area contributed by atoms with E-state index in [0.29, 0.717) is 0 Å². The van der Waals surface area contributed by atoms with Crippen LogP contribution in [0.3, 0.4) is 0 Å². The lowest BCUT2D eigenvalue weighted by Crippen LogP contribution is -2.07. The van der Waals surface area contributed by atoms with Crippen molar-refractivity contribution in [2.45, 2.75) is 13.8 Å². The molecule has 0 atom stereocenters. The van der Waals surface area contributed by atoms with Crippen LogP contribution in [-0.4, -0.2) is 14.3 Å². The van der Waals surface area contributed by atoms with E-state index in [1.807, 2.05) is 35.1 Å². The summed E-state index contributed by atoms with van der Waals surface area (Å²) in [5, 5.41) is 4.42. The summed E-state index contributed by atoms with van der Waals surface area (Å²) in [5.41, 5.74) is 3.50. The monoisotopic (exact) mass is 237 g/mol. The van der Waals surface area contributed by atoms with E-state index in [-0.39, 0.29) is 0 Å². The first-order valence-corrected chi connectivity index (χ1v) is 6.02. The standard InChI is InChI=1S/C15H15N3/c1-12-8-9-13(2)17(12)15-10-11-16-18(15)14-6-4-3-5-7-14/h3-11H,1-2H3. The van der Waals surface area contributed by atoms with Gasteiger partial charge in [0.2, 0.25) is 0 Å². The van der Waals surface area contributed by atoms with Crippen molar-refractivity contribution in [3.8, 4) is 11.5 Å². The maximum atomic E-state index is 4.42. The fraction of sp³-hybridized carbons (Fsp3) is 0.133. The number of aryl methyl sites for hydroxylation is 2. The first kappa shape index (κ1) is 10.8. The first-order valence-electron chi connectivity index (χ1n) is 6.02. The number of benzene rings is 1. The molecular weight excluding hydrogens is 222 g/mol. The molecule has 1 aromatic carbocycles. The second-order valence-electron chi connectivity index (χ2n) is 4.39. The Kier molecular flexibility index (Phi) is 2.52. The predicted octanol–water partition coefficient (Wildman–Crippen LogP) is 3.28. The van der Waals surface area contributed by atoms with Gasteiger partial charge in [0.05, 0.1) is 11.9 Å². The molecule has 0 spiro atoms. The summed E-state index contributed by atoms with van der Waals surface area (Å²) < 4.78 is 4.17. The van der Waals surface area contributed by atoms with Crippen LogP contribution in [-0.2, 0) is 0 Å². The third-order valence-electron chi connectivity index (χ3n) is 3.12. The van der Waals surface area contributed by atoms with Crippen LogP contribution in [0.1, 0.15) is 11.4 Å². The lowest BCUT2D eigenvalue weighted by atomic mass is 10.3. The Bertz CT molecular complexity index is 643. The summed E-state index contributed by atoms with van der Waals surface area (Å²) in [6, 6.07) is 16.5. The van der Waals surface area contributed by atoms with E-state index >= 15 is 0 Å². The highest BCUT2D eigenvalue weighted by Crippen LogP contribution is 2.19. The normalized spacial score (nSPS) is 10.8. The summed E-state index contributed by atoms with van der Waals surface area (Å²) in [6.45, 7) is 4.21. The van der Waals surface area contributed by atoms with Gasteiger partial charge in [0.1, 0.15) is 5.82 Å². The average molecular weight is 237 g/mol. The van der Waals surface area contributed by atoms with Crippen molar-refractivity contribution in [2.24, 2.45) is 0 Å². The SMILES string of the molecule is Cc1ccc(C)n1-c1ccnn1-c1ccccc1. The molecule has 2 aromatic heterocycles. The smallest absolute Gasteiger partial charge is 0.140 e. The van der Waals surface area contributed by atoms with Crippen molar-refractivity contribution in [2.75, 3.05) is 0 Å². The quantitative estimate of drug-likeness (QED) is 0.670. The highest BCUT2D eigenvalue weighted by molar-refractivity contribution is 5.40. The van der Waals surface area contributed by atoms with Gasteiger partial charge in [-0.05, 0) is 38.1 Å². The maximum Gasteiger partial charge on any atom is 0.140 e. The number of para-hydroxylation sites is 1. The van der Waals surface area contributed by atoms with Crippen molar-refractivity contribution in [3.05, 3.63) is 66.1 Å². The molecule has 0 aliphatic rings. The summed E-state index contributed by atoms with van der Waals surface area (Å²) in [4.78, 5) is 0. The lowest BCUT2D eigenvalue weighted by molar-refractivity contribution is 0.801. The first-order chi connectivity index (χ1) is 8.77. The molecule has 0 amide bonds. The van der Waals surface area contributed by atoms with Crippen molar-refractivity contribution in [1.82, 2.24) is 14.3 Å². The van der Waals surface area contributed by atoms with Crippen molar-refractivity contribution < 1.29 is 0 Å². The number of aromatic nitrogens is 3. The van der Waals surface area contributed by atoms with Gasteiger partial charge in [0.25, 0.3) is 0 Å². The zero-order valence-electron chi connectivity index (χ0n) is 10.5. The Morgan fingerprint density at radius 3 is 2.17 bits per heavy atom. The molecule has 3 nitrogen and oxygen atoms in total. The molecule has 0 N–H and O–H groups in total. The van der Waals surface area contributed by atoms with E-state index in [0.717, 1.165) is 11.5 Å². The number of hydrogen-bond acceptors (Lipinski definition) is 1. The Balaban J connectivity index is 2.19. The predicted molar refractivity (Wildman–Crippen MR) is 72.4 cm³/mol. The molecule has 0 aliphatic carbocycles. The minimum atomic E-state index is 1.07. The summed E-state index contributed by atoms with van der Waals surface area (Å²) >= 11 is 0. The molecule has 0 saturated carbocycles. The van der Waals surface area contributed by atoms with Gasteiger partial charge >= 0.3 is 0 Å². The Labute approximate surface area is 106 Å². The van der Waals surface area contributed by atoms with Gasteiger partial charge in [-0.25, -0.2) is 4.68 Å². The van der Waals surface area contributed by atoms with Crippen LogP contribution >= 0.6 is 0 Å². The molecular formula is C15H15N3. The minimum Gasteiger partial charge on any atom is -0.303 e. The Morgan fingerprint density at radius 1 is 0.833 bits per heavy atom. The zero-order valence-corrected chi connectivity index (χ0v) is 10.5. The minimum absolute atomic E-state index is 1.07. The average Bonchev–Trinajstić information content (AvgIpc) is 2.97. The molecule has 2 heterocycles. The second-order valence-corrected chi connectivity index (χ2v) is 4.39. The van der Waals surface area contributed by atoms with Crippen molar-refractivity contribution in [3.63, 3.8) is 0 Å². The largest absolute Gasteiger partial charge is 0.303 e. The van der Waals surface area contributed by atoms with Gasteiger partial charge in [-0.15, -0.1) is 0 Å². The summed E-state index contributed by atoms with van der Waals surface area (Å²) in [7, 11) is 0. The highest BCUT2D eigenvalue weighted by atomic mass is 15.3. The fourth-order valence-corrected chi connectivity index (χ4v) is 2.26. The lowest BCUT2D eigenvalue weighted by Gasteiger charge is -2.12. The van der Waals surface area contributed by atoms with E-state index in [9.17, 15) is 0 Å². The third-order valence-corrected chi connectivity index (χ3v) is 3.12. The van der Waals surface area contributed by atoms with E-state index < -0.39 is 0 Å². The van der Waals surface area contributed by atoms with Gasteiger partial charge in [-0.1, -0.05) is 18.2 Å². The van der Waals surface area contributed by atoms with Crippen LogP contribution in [0.5, 0.6) is 0 Å². The molecule has 0 unspecified atom stereocenters. The van der Waals surface area contributed by atoms with Crippen LogP contribution in [0.4, 0.5) is 0 Å². The van der Waals surface area contributed by atoms with E-state index in [4.69, 9.17) is 0 Å². The highest BCUT2D eigenvalue weighted by Gasteiger charge is 2.10. The number of nitrogens with zero attached hydrogens (tertiary/aromatic N) is 3.